The number of nitrogens with zero attached hydrogens (tertiary/aromatic N) is 4. The van der Waals surface area contributed by atoms with Crippen LogP contribution in [0, 0.1) is 0 Å². The van der Waals surface area contributed by atoms with Crippen molar-refractivity contribution < 1.29 is 0 Å². The zero-order chi connectivity index (χ0) is 40.8. The molecule has 0 amide bonds. The van der Waals surface area contributed by atoms with E-state index in [2.05, 4.69) is 199 Å². The minimum Gasteiger partial charge on any atom is -0.309 e. The summed E-state index contributed by atoms with van der Waals surface area (Å²) in [5.41, 5.74) is 18.5. The van der Waals surface area contributed by atoms with Crippen LogP contribution in [0.1, 0.15) is 22.3 Å². The normalized spacial score (nSPS) is 13.0. The van der Waals surface area contributed by atoms with E-state index in [9.17, 15) is 0 Å². The summed E-state index contributed by atoms with van der Waals surface area (Å²) >= 11 is 0. The molecule has 0 saturated heterocycles. The van der Waals surface area contributed by atoms with Crippen molar-refractivity contribution in [3.8, 4) is 73.2 Å². The molecule has 0 fully saturated rings. The molecule has 2 aliphatic rings. The largest absolute Gasteiger partial charge is 0.309 e. The van der Waals surface area contributed by atoms with E-state index in [-0.39, 0.29) is 0 Å². The maximum atomic E-state index is 5.20. The summed E-state index contributed by atoms with van der Waals surface area (Å²) in [4.78, 5) is 15.4. The molecule has 11 aromatic rings. The molecule has 0 unspecified atom stereocenters. The van der Waals surface area contributed by atoms with Crippen LogP contribution in [0.5, 0.6) is 0 Å². The van der Waals surface area contributed by atoms with Crippen LogP contribution >= 0.6 is 0 Å². The molecule has 2 heterocycles. The highest BCUT2D eigenvalue weighted by Crippen LogP contribution is 2.63. The van der Waals surface area contributed by atoms with Crippen molar-refractivity contribution in [1.82, 2.24) is 19.5 Å². The Labute approximate surface area is 359 Å². The van der Waals surface area contributed by atoms with Crippen molar-refractivity contribution >= 4 is 21.8 Å². The van der Waals surface area contributed by atoms with Gasteiger partial charge >= 0.3 is 0 Å². The van der Waals surface area contributed by atoms with Crippen LogP contribution in [0.2, 0.25) is 0 Å². The SMILES string of the molecule is c1ccc(-c2cccc(-c3nc(-c4ccccc4)nc(-c4cccc(-n5c6ccccc6c6cc7c(cc65)-c5ccccc5C75c6ccccc6-c6ccccc65)c4)n3)c2)cc1. The molecule has 288 valence electrons. The van der Waals surface area contributed by atoms with Crippen LogP contribution < -0.4 is 0 Å². The lowest BCUT2D eigenvalue weighted by atomic mass is 9.70. The average Bonchev–Trinajstić information content (AvgIpc) is 3.95. The molecule has 0 aliphatic heterocycles. The Morgan fingerprint density at radius 2 is 0.774 bits per heavy atom. The third kappa shape index (κ3) is 4.98. The molecule has 9 aromatic carbocycles. The Hall–Kier alpha value is -8.21. The van der Waals surface area contributed by atoms with E-state index in [4.69, 9.17) is 15.0 Å². The van der Waals surface area contributed by atoms with Gasteiger partial charge in [0.05, 0.1) is 16.4 Å². The Morgan fingerprint density at radius 1 is 0.290 bits per heavy atom. The Bertz CT molecular complexity index is 3540. The number of benzene rings is 9. The first-order valence-corrected chi connectivity index (χ1v) is 21.2. The smallest absolute Gasteiger partial charge is 0.164 e. The average molecular weight is 789 g/mol. The van der Waals surface area contributed by atoms with Gasteiger partial charge in [0.15, 0.2) is 17.5 Å². The fourth-order valence-electron chi connectivity index (χ4n) is 10.4. The van der Waals surface area contributed by atoms with Gasteiger partial charge in [-0.2, -0.15) is 0 Å². The number of hydrogen-bond donors (Lipinski definition) is 0. The molecule has 4 nitrogen and oxygen atoms in total. The highest BCUT2D eigenvalue weighted by Gasteiger charge is 2.51. The fourth-order valence-corrected chi connectivity index (χ4v) is 10.4. The molecular formula is C58H36N4. The monoisotopic (exact) mass is 788 g/mol. The minimum absolute atomic E-state index is 0.413. The molecule has 0 saturated carbocycles. The summed E-state index contributed by atoms with van der Waals surface area (Å²) < 4.78 is 2.42. The van der Waals surface area contributed by atoms with Gasteiger partial charge in [0, 0.05) is 33.2 Å². The molecule has 13 rings (SSSR count). The van der Waals surface area contributed by atoms with Gasteiger partial charge in [-0.05, 0) is 92.0 Å². The highest BCUT2D eigenvalue weighted by atomic mass is 15.0. The summed E-state index contributed by atoms with van der Waals surface area (Å²) in [5, 5.41) is 2.44. The van der Waals surface area contributed by atoms with E-state index in [1.807, 2.05) is 24.3 Å². The molecule has 0 bridgehead atoms. The Kier molecular flexibility index (Phi) is 7.49. The van der Waals surface area contributed by atoms with Crippen LogP contribution in [0.25, 0.3) is 95.0 Å². The first-order valence-electron chi connectivity index (χ1n) is 21.2. The molecule has 0 atom stereocenters. The van der Waals surface area contributed by atoms with Gasteiger partial charge in [0.25, 0.3) is 0 Å². The number of rotatable bonds is 5. The first-order chi connectivity index (χ1) is 30.7. The van der Waals surface area contributed by atoms with E-state index in [1.165, 1.54) is 55.3 Å². The molecule has 2 aromatic heterocycles. The van der Waals surface area contributed by atoms with Crippen molar-refractivity contribution in [2.45, 2.75) is 5.41 Å². The van der Waals surface area contributed by atoms with E-state index >= 15 is 0 Å². The van der Waals surface area contributed by atoms with Crippen molar-refractivity contribution in [1.29, 1.82) is 0 Å². The van der Waals surface area contributed by atoms with Gasteiger partial charge in [-0.3, -0.25) is 0 Å². The maximum absolute atomic E-state index is 5.20. The molecule has 1 spiro atoms. The van der Waals surface area contributed by atoms with Gasteiger partial charge in [0.2, 0.25) is 0 Å². The van der Waals surface area contributed by atoms with Gasteiger partial charge < -0.3 is 4.57 Å². The highest BCUT2D eigenvalue weighted by molar-refractivity contribution is 6.12. The van der Waals surface area contributed by atoms with E-state index in [1.54, 1.807) is 0 Å². The number of para-hydroxylation sites is 1. The maximum Gasteiger partial charge on any atom is 0.164 e. The van der Waals surface area contributed by atoms with Crippen molar-refractivity contribution in [3.63, 3.8) is 0 Å². The lowest BCUT2D eigenvalue weighted by Gasteiger charge is -2.30. The lowest BCUT2D eigenvalue weighted by Crippen LogP contribution is -2.25. The van der Waals surface area contributed by atoms with Crippen molar-refractivity contribution in [2.75, 3.05) is 0 Å². The zero-order valence-electron chi connectivity index (χ0n) is 33.6. The molecular weight excluding hydrogens is 753 g/mol. The molecule has 62 heavy (non-hydrogen) atoms. The van der Waals surface area contributed by atoms with Crippen LogP contribution in [-0.2, 0) is 5.41 Å². The summed E-state index contributed by atoms with van der Waals surface area (Å²) in [6.45, 7) is 0. The topological polar surface area (TPSA) is 43.6 Å². The molecule has 4 heteroatoms. The Morgan fingerprint density at radius 3 is 1.44 bits per heavy atom. The standard InChI is InChI=1S/C58H36N4/c1-3-17-37(18-4-1)39-21-15-22-40(33-39)56-59-55(38-19-5-2-6-20-38)60-57(61-56)41-23-16-24-42(34-41)62-53-32-14-10-28-46(53)48-35-52-47(36-54(48)62)45-27-9-13-31-51(45)58(52)49-29-11-7-25-43(49)44-26-8-12-30-50(44)58/h1-36H. The van der Waals surface area contributed by atoms with Gasteiger partial charge in [-0.25, -0.2) is 15.0 Å². The zero-order valence-corrected chi connectivity index (χ0v) is 33.6. The number of fused-ring (bicyclic) bond motifs is 13. The minimum atomic E-state index is -0.413. The van der Waals surface area contributed by atoms with Gasteiger partial charge in [0.1, 0.15) is 0 Å². The van der Waals surface area contributed by atoms with E-state index in [0.29, 0.717) is 17.5 Å². The van der Waals surface area contributed by atoms with Crippen LogP contribution in [0.4, 0.5) is 0 Å². The lowest BCUT2D eigenvalue weighted by molar-refractivity contribution is 0.795. The van der Waals surface area contributed by atoms with Crippen molar-refractivity contribution in [3.05, 3.63) is 241 Å². The van der Waals surface area contributed by atoms with Crippen molar-refractivity contribution in [2.24, 2.45) is 0 Å². The van der Waals surface area contributed by atoms with Crippen LogP contribution in [-0.4, -0.2) is 19.5 Å². The predicted molar refractivity (Wildman–Crippen MR) is 252 cm³/mol. The second-order valence-corrected chi connectivity index (χ2v) is 16.3. The van der Waals surface area contributed by atoms with E-state index in [0.717, 1.165) is 44.5 Å². The molecule has 0 radical (unpaired) electrons. The number of hydrogen-bond acceptors (Lipinski definition) is 3. The third-order valence-corrected chi connectivity index (χ3v) is 13.0. The first kappa shape index (κ1) is 34.6. The van der Waals surface area contributed by atoms with Gasteiger partial charge in [-0.15, -0.1) is 0 Å². The molecule has 2 aliphatic carbocycles. The summed E-state index contributed by atoms with van der Waals surface area (Å²) in [7, 11) is 0. The van der Waals surface area contributed by atoms with Gasteiger partial charge in [-0.1, -0.05) is 182 Å². The number of aromatic nitrogens is 4. The second kappa shape index (κ2) is 13.4. The van der Waals surface area contributed by atoms with Crippen LogP contribution in [0.3, 0.4) is 0 Å². The Balaban J connectivity index is 1.02. The third-order valence-electron chi connectivity index (χ3n) is 13.0. The second-order valence-electron chi connectivity index (χ2n) is 16.3. The quantitative estimate of drug-likeness (QED) is 0.174. The predicted octanol–water partition coefficient (Wildman–Crippen LogP) is 14.0. The summed E-state index contributed by atoms with van der Waals surface area (Å²) in [5.74, 6) is 1.89. The fraction of sp³-hybridized carbons (Fsp3) is 0.0172. The summed E-state index contributed by atoms with van der Waals surface area (Å²) in [6.07, 6.45) is 0. The van der Waals surface area contributed by atoms with E-state index < -0.39 is 5.41 Å². The summed E-state index contributed by atoms with van der Waals surface area (Å²) in [6, 6.07) is 78.5. The molecule has 0 N–H and O–H groups in total. The van der Waals surface area contributed by atoms with Crippen LogP contribution in [0.15, 0.2) is 218 Å².